The van der Waals surface area contributed by atoms with E-state index in [1.165, 1.54) is 26.2 Å². The summed E-state index contributed by atoms with van der Waals surface area (Å²) < 4.78 is 5.05. The van der Waals surface area contributed by atoms with Crippen LogP contribution in [-0.2, 0) is 9.53 Å². The van der Waals surface area contributed by atoms with Crippen molar-refractivity contribution in [1.82, 2.24) is 0 Å². The first kappa shape index (κ1) is 14.0. The normalized spacial score (nSPS) is 10.4. The fourth-order valence-corrected chi connectivity index (χ4v) is 1.30. The molecule has 0 fully saturated rings. The lowest BCUT2D eigenvalue weighted by Gasteiger charge is -2.16. The second kappa shape index (κ2) is 7.34. The molecular weight excluding hydrogens is 188 g/mol. The van der Waals surface area contributed by atoms with Crippen LogP contribution in [0, 0.1) is 11.8 Å². The molecule has 0 N–H and O–H groups in total. The molecule has 86 valence electrons. The van der Waals surface area contributed by atoms with Crippen molar-refractivity contribution in [3.05, 3.63) is 0 Å². The third kappa shape index (κ3) is 9.34. The number of unbranched alkanes of at least 4 members (excludes halogenated alkanes) is 4. The Bertz CT molecular complexity index is 243. The van der Waals surface area contributed by atoms with Gasteiger partial charge in [-0.2, -0.15) is 0 Å². The number of hydrogen-bond acceptors (Lipinski definition) is 2. The lowest BCUT2D eigenvalue weighted by atomic mass is 10.1. The van der Waals surface area contributed by atoms with Gasteiger partial charge in [0.25, 0.3) is 0 Å². The highest BCUT2D eigenvalue weighted by atomic mass is 16.6. The van der Waals surface area contributed by atoms with Crippen molar-refractivity contribution in [3.8, 4) is 11.8 Å². The molecule has 0 saturated carbocycles. The van der Waals surface area contributed by atoms with Gasteiger partial charge in [-0.15, -0.1) is 0 Å². The fourth-order valence-electron chi connectivity index (χ4n) is 1.30. The lowest BCUT2D eigenvalue weighted by Crippen LogP contribution is -2.24. The maximum absolute atomic E-state index is 10.7. The summed E-state index contributed by atoms with van der Waals surface area (Å²) in [6, 6.07) is 0. The molecule has 0 bridgehead atoms. The van der Waals surface area contributed by atoms with Crippen molar-refractivity contribution in [2.75, 3.05) is 0 Å². The Kier molecular flexibility index (Phi) is 6.86. The third-order valence-electron chi connectivity index (χ3n) is 1.94. The molecule has 0 heterocycles. The van der Waals surface area contributed by atoms with E-state index in [4.69, 9.17) is 4.74 Å². The highest BCUT2D eigenvalue weighted by molar-refractivity contribution is 5.66. The van der Waals surface area contributed by atoms with Gasteiger partial charge in [0.05, 0.1) is 0 Å². The number of carbonyl (C=O) groups is 1. The second-order valence-electron chi connectivity index (χ2n) is 4.22. The number of carbonyl (C=O) groups excluding carboxylic acids is 1. The van der Waals surface area contributed by atoms with E-state index in [0.717, 1.165) is 12.8 Å². The molecule has 0 aliphatic rings. The molecule has 0 aliphatic heterocycles. The average Bonchev–Trinajstić information content (AvgIpc) is 2.08. The quantitative estimate of drug-likeness (QED) is 0.395. The summed E-state index contributed by atoms with van der Waals surface area (Å²) in [4.78, 5) is 10.7. The van der Waals surface area contributed by atoms with E-state index >= 15 is 0 Å². The monoisotopic (exact) mass is 210 g/mol. The van der Waals surface area contributed by atoms with Gasteiger partial charge in [-0.25, -0.2) is 0 Å². The van der Waals surface area contributed by atoms with E-state index in [-0.39, 0.29) is 5.97 Å². The van der Waals surface area contributed by atoms with Crippen LogP contribution in [0.4, 0.5) is 0 Å². The van der Waals surface area contributed by atoms with Crippen molar-refractivity contribution >= 4 is 5.97 Å². The van der Waals surface area contributed by atoms with Crippen LogP contribution in [0.3, 0.4) is 0 Å². The van der Waals surface area contributed by atoms with Crippen molar-refractivity contribution in [2.45, 2.75) is 65.4 Å². The van der Waals surface area contributed by atoms with Gasteiger partial charge in [0.2, 0.25) is 0 Å². The van der Waals surface area contributed by atoms with Gasteiger partial charge in [0.15, 0.2) is 5.60 Å². The zero-order valence-corrected chi connectivity index (χ0v) is 10.4. The molecule has 15 heavy (non-hydrogen) atoms. The number of ether oxygens (including phenoxy) is 1. The molecule has 0 aromatic rings. The Morgan fingerprint density at radius 3 is 2.47 bits per heavy atom. The van der Waals surface area contributed by atoms with Crippen LogP contribution in [-0.4, -0.2) is 11.6 Å². The lowest BCUT2D eigenvalue weighted by molar-refractivity contribution is -0.148. The molecule has 0 rings (SSSR count). The molecule has 0 spiro atoms. The van der Waals surface area contributed by atoms with Crippen LogP contribution in [0.25, 0.3) is 0 Å². The van der Waals surface area contributed by atoms with Crippen LogP contribution < -0.4 is 0 Å². The van der Waals surface area contributed by atoms with Crippen LogP contribution in [0.15, 0.2) is 0 Å². The van der Waals surface area contributed by atoms with Gasteiger partial charge in [0, 0.05) is 13.3 Å². The standard InChI is InChI=1S/C13H22O2/c1-5-6-7-8-9-10-11-13(3,4)15-12(2)14/h5-9H2,1-4H3. The molecule has 0 aromatic carbocycles. The Morgan fingerprint density at radius 2 is 1.93 bits per heavy atom. The SMILES string of the molecule is CCCCCCC#CC(C)(C)OC(C)=O. The Morgan fingerprint density at radius 1 is 1.27 bits per heavy atom. The zero-order chi connectivity index (χ0) is 11.7. The highest BCUT2D eigenvalue weighted by Gasteiger charge is 2.16. The molecule has 2 nitrogen and oxygen atoms in total. The zero-order valence-electron chi connectivity index (χ0n) is 10.4. The van der Waals surface area contributed by atoms with Gasteiger partial charge >= 0.3 is 5.97 Å². The fraction of sp³-hybridized carbons (Fsp3) is 0.769. The van der Waals surface area contributed by atoms with E-state index in [0.29, 0.717) is 0 Å². The molecule has 0 saturated heterocycles. The van der Waals surface area contributed by atoms with E-state index in [1.54, 1.807) is 0 Å². The summed E-state index contributed by atoms with van der Waals surface area (Å²) in [6.45, 7) is 7.22. The van der Waals surface area contributed by atoms with Crippen LogP contribution in [0.1, 0.15) is 59.8 Å². The first-order chi connectivity index (χ1) is 6.98. The predicted molar refractivity (Wildman–Crippen MR) is 62.4 cm³/mol. The van der Waals surface area contributed by atoms with E-state index in [2.05, 4.69) is 18.8 Å². The van der Waals surface area contributed by atoms with E-state index in [9.17, 15) is 4.79 Å². The van der Waals surface area contributed by atoms with Crippen molar-refractivity contribution in [3.63, 3.8) is 0 Å². The molecule has 0 atom stereocenters. The first-order valence-electron chi connectivity index (χ1n) is 5.67. The predicted octanol–water partition coefficient (Wildman–Crippen LogP) is 3.30. The largest absolute Gasteiger partial charge is 0.447 e. The van der Waals surface area contributed by atoms with Gasteiger partial charge in [-0.1, -0.05) is 38.0 Å². The maximum Gasteiger partial charge on any atom is 0.304 e. The molecule has 0 aliphatic carbocycles. The Balaban J connectivity index is 3.78. The number of rotatable bonds is 5. The summed E-state index contributed by atoms with van der Waals surface area (Å²) in [5.74, 6) is 5.76. The van der Waals surface area contributed by atoms with Crippen molar-refractivity contribution < 1.29 is 9.53 Å². The highest BCUT2D eigenvalue weighted by Crippen LogP contribution is 2.08. The minimum Gasteiger partial charge on any atom is -0.447 e. The molecule has 0 amide bonds. The molecule has 0 unspecified atom stereocenters. The molecular formula is C13H22O2. The van der Waals surface area contributed by atoms with Gasteiger partial charge in [-0.3, -0.25) is 4.79 Å². The number of esters is 1. The number of hydrogen-bond donors (Lipinski definition) is 0. The van der Waals surface area contributed by atoms with Crippen molar-refractivity contribution in [1.29, 1.82) is 0 Å². The molecule has 0 aromatic heterocycles. The van der Waals surface area contributed by atoms with Crippen LogP contribution >= 0.6 is 0 Å². The summed E-state index contributed by atoms with van der Waals surface area (Å²) in [7, 11) is 0. The van der Waals surface area contributed by atoms with Crippen molar-refractivity contribution in [2.24, 2.45) is 0 Å². The second-order valence-corrected chi connectivity index (χ2v) is 4.22. The Labute approximate surface area is 93.4 Å². The minimum absolute atomic E-state index is 0.278. The summed E-state index contributed by atoms with van der Waals surface area (Å²) in [5, 5.41) is 0. The third-order valence-corrected chi connectivity index (χ3v) is 1.94. The summed E-state index contributed by atoms with van der Waals surface area (Å²) in [6.07, 6.45) is 5.78. The minimum atomic E-state index is -0.642. The molecule has 0 radical (unpaired) electrons. The van der Waals surface area contributed by atoms with E-state index in [1.807, 2.05) is 13.8 Å². The smallest absolute Gasteiger partial charge is 0.304 e. The van der Waals surface area contributed by atoms with E-state index < -0.39 is 5.60 Å². The van der Waals surface area contributed by atoms with Crippen LogP contribution in [0.5, 0.6) is 0 Å². The average molecular weight is 210 g/mol. The summed E-state index contributed by atoms with van der Waals surface area (Å²) >= 11 is 0. The topological polar surface area (TPSA) is 26.3 Å². The molecule has 2 heteroatoms. The van der Waals surface area contributed by atoms with Gasteiger partial charge in [-0.05, 0) is 20.3 Å². The maximum atomic E-state index is 10.7. The van der Waals surface area contributed by atoms with Gasteiger partial charge < -0.3 is 4.74 Å². The first-order valence-corrected chi connectivity index (χ1v) is 5.67. The van der Waals surface area contributed by atoms with Gasteiger partial charge in [0.1, 0.15) is 0 Å². The van der Waals surface area contributed by atoms with Crippen LogP contribution in [0.2, 0.25) is 0 Å². The Hall–Kier alpha value is -0.970. The summed E-state index contributed by atoms with van der Waals surface area (Å²) in [5.41, 5.74) is -0.642.